The minimum Gasteiger partial charge on any atom is -0.298 e. The Bertz CT molecular complexity index is 941. The van der Waals surface area contributed by atoms with Gasteiger partial charge in [0, 0.05) is 17.7 Å². The van der Waals surface area contributed by atoms with Crippen molar-refractivity contribution >= 4 is 17.5 Å². The minimum atomic E-state index is -1.04. The fourth-order valence-corrected chi connectivity index (χ4v) is 3.22. The van der Waals surface area contributed by atoms with E-state index in [1.54, 1.807) is 6.08 Å². The number of carbonyl (C=O) groups is 1. The zero-order valence-corrected chi connectivity index (χ0v) is 14.5. The molecule has 7 heteroatoms. The highest BCUT2D eigenvalue weighted by Gasteiger charge is 2.16. The molecule has 0 N–H and O–H groups in total. The summed E-state index contributed by atoms with van der Waals surface area (Å²) in [5.41, 5.74) is 1.02. The average molecular weight is 371 g/mol. The monoisotopic (exact) mass is 371 g/mol. The molecule has 0 radical (unpaired) electrons. The Morgan fingerprint density at radius 1 is 1.12 bits per heavy atom. The summed E-state index contributed by atoms with van der Waals surface area (Å²) >= 11 is 1.19. The lowest BCUT2D eigenvalue weighted by Crippen LogP contribution is -2.06. The predicted molar refractivity (Wildman–Crippen MR) is 97.1 cm³/mol. The SMILES string of the molecule is C=CCn1c(SCC(=O)c2ccc(F)c(F)c2)nnc1-c1ccccc1. The molecule has 0 atom stereocenters. The van der Waals surface area contributed by atoms with Gasteiger partial charge in [-0.3, -0.25) is 9.36 Å². The van der Waals surface area contributed by atoms with E-state index in [9.17, 15) is 13.6 Å². The molecule has 0 saturated heterocycles. The largest absolute Gasteiger partial charge is 0.298 e. The van der Waals surface area contributed by atoms with Crippen molar-refractivity contribution in [2.75, 3.05) is 5.75 Å². The van der Waals surface area contributed by atoms with Gasteiger partial charge in [-0.15, -0.1) is 16.8 Å². The van der Waals surface area contributed by atoms with Gasteiger partial charge in [0.1, 0.15) is 0 Å². The number of aromatic nitrogens is 3. The maximum absolute atomic E-state index is 13.3. The van der Waals surface area contributed by atoms with Crippen LogP contribution in [0.4, 0.5) is 8.78 Å². The van der Waals surface area contributed by atoms with E-state index in [4.69, 9.17) is 0 Å². The van der Waals surface area contributed by atoms with E-state index in [1.807, 2.05) is 34.9 Å². The molecule has 0 saturated carbocycles. The van der Waals surface area contributed by atoms with Crippen LogP contribution < -0.4 is 0 Å². The van der Waals surface area contributed by atoms with Gasteiger partial charge in [0.2, 0.25) is 0 Å². The number of carbonyl (C=O) groups excluding carboxylic acids is 1. The van der Waals surface area contributed by atoms with Crippen molar-refractivity contribution in [2.45, 2.75) is 11.7 Å². The van der Waals surface area contributed by atoms with E-state index in [2.05, 4.69) is 16.8 Å². The van der Waals surface area contributed by atoms with E-state index in [1.165, 1.54) is 17.8 Å². The Morgan fingerprint density at radius 2 is 1.88 bits per heavy atom. The second-order valence-corrected chi connectivity index (χ2v) is 6.35. The van der Waals surface area contributed by atoms with Crippen LogP contribution in [0.2, 0.25) is 0 Å². The second kappa shape index (κ2) is 8.05. The van der Waals surface area contributed by atoms with E-state index in [-0.39, 0.29) is 17.1 Å². The van der Waals surface area contributed by atoms with Crippen LogP contribution in [0.3, 0.4) is 0 Å². The van der Waals surface area contributed by atoms with Gasteiger partial charge in [0.15, 0.2) is 28.4 Å². The number of thioether (sulfide) groups is 1. The number of halogens is 2. The van der Waals surface area contributed by atoms with Crippen molar-refractivity contribution in [3.05, 3.63) is 78.4 Å². The molecule has 0 bridgehead atoms. The fraction of sp³-hybridized carbons (Fsp3) is 0.105. The maximum Gasteiger partial charge on any atom is 0.192 e. The van der Waals surface area contributed by atoms with Crippen LogP contribution in [0.25, 0.3) is 11.4 Å². The predicted octanol–water partition coefficient (Wildman–Crippen LogP) is 4.38. The molecule has 1 heterocycles. The Hall–Kier alpha value is -2.80. The van der Waals surface area contributed by atoms with Gasteiger partial charge in [0.25, 0.3) is 0 Å². The van der Waals surface area contributed by atoms with Gasteiger partial charge in [-0.25, -0.2) is 8.78 Å². The van der Waals surface area contributed by atoms with E-state index in [0.29, 0.717) is 17.5 Å². The maximum atomic E-state index is 13.3. The summed E-state index contributed by atoms with van der Waals surface area (Å²) in [5, 5.41) is 8.91. The number of Topliss-reactive ketones (excluding diaryl/α,β-unsaturated/α-hetero) is 1. The molecular weight excluding hydrogens is 356 g/mol. The summed E-state index contributed by atoms with van der Waals surface area (Å²) < 4.78 is 28.1. The summed E-state index contributed by atoms with van der Waals surface area (Å²) in [7, 11) is 0. The molecule has 26 heavy (non-hydrogen) atoms. The molecule has 3 aromatic rings. The zero-order valence-electron chi connectivity index (χ0n) is 13.7. The molecule has 0 spiro atoms. The van der Waals surface area contributed by atoms with Crippen LogP contribution in [-0.4, -0.2) is 26.3 Å². The lowest BCUT2D eigenvalue weighted by atomic mass is 10.1. The molecule has 0 aliphatic rings. The molecule has 0 fully saturated rings. The highest BCUT2D eigenvalue weighted by molar-refractivity contribution is 7.99. The quantitative estimate of drug-likeness (QED) is 0.351. The van der Waals surface area contributed by atoms with Crippen LogP contribution in [-0.2, 0) is 6.54 Å². The van der Waals surface area contributed by atoms with E-state index >= 15 is 0 Å². The van der Waals surface area contributed by atoms with Gasteiger partial charge < -0.3 is 0 Å². The normalized spacial score (nSPS) is 10.7. The summed E-state index contributed by atoms with van der Waals surface area (Å²) in [6.45, 7) is 4.23. The first-order valence-corrected chi connectivity index (χ1v) is 8.79. The molecule has 0 unspecified atom stereocenters. The van der Waals surface area contributed by atoms with Crippen molar-refractivity contribution in [2.24, 2.45) is 0 Å². The minimum absolute atomic E-state index is 0.0368. The molecule has 0 aliphatic carbocycles. The third-order valence-corrected chi connectivity index (χ3v) is 4.60. The summed E-state index contributed by atoms with van der Waals surface area (Å²) in [6.07, 6.45) is 1.72. The van der Waals surface area contributed by atoms with Crippen LogP contribution in [0.5, 0.6) is 0 Å². The summed E-state index contributed by atoms with van der Waals surface area (Å²) in [5.74, 6) is -1.62. The van der Waals surface area contributed by atoms with Gasteiger partial charge in [-0.2, -0.15) is 0 Å². The van der Waals surface area contributed by atoms with Gasteiger partial charge in [-0.05, 0) is 18.2 Å². The molecule has 2 aromatic carbocycles. The summed E-state index contributed by atoms with van der Waals surface area (Å²) in [6, 6.07) is 12.7. The number of hydrogen-bond donors (Lipinski definition) is 0. The molecule has 4 nitrogen and oxygen atoms in total. The Morgan fingerprint density at radius 3 is 2.58 bits per heavy atom. The number of ketones is 1. The molecule has 132 valence electrons. The standard InChI is InChI=1S/C19H15F2N3OS/c1-2-10-24-18(13-6-4-3-5-7-13)22-23-19(24)26-12-17(25)14-8-9-15(20)16(21)11-14/h2-9,11H,1,10,12H2. The van der Waals surface area contributed by atoms with Crippen molar-refractivity contribution in [3.8, 4) is 11.4 Å². The molecule has 1 aromatic heterocycles. The Kier molecular flexibility index (Phi) is 5.58. The number of nitrogens with zero attached hydrogens (tertiary/aromatic N) is 3. The second-order valence-electron chi connectivity index (χ2n) is 5.41. The Balaban J connectivity index is 1.79. The molecule has 0 amide bonds. The van der Waals surface area contributed by atoms with E-state index in [0.717, 1.165) is 17.7 Å². The molecule has 0 aliphatic heterocycles. The Labute approximate surface area is 153 Å². The van der Waals surface area contributed by atoms with Gasteiger partial charge in [-0.1, -0.05) is 48.2 Å². The number of allylic oxidation sites excluding steroid dienone is 1. The topological polar surface area (TPSA) is 47.8 Å². The van der Waals surface area contributed by atoms with Crippen LogP contribution in [0.15, 0.2) is 66.3 Å². The fourth-order valence-electron chi connectivity index (χ4n) is 2.37. The van der Waals surface area contributed by atoms with Crippen molar-refractivity contribution < 1.29 is 13.6 Å². The third-order valence-electron chi connectivity index (χ3n) is 3.63. The highest BCUT2D eigenvalue weighted by atomic mass is 32.2. The van der Waals surface area contributed by atoms with Crippen LogP contribution in [0.1, 0.15) is 10.4 Å². The molecule has 3 rings (SSSR count). The smallest absolute Gasteiger partial charge is 0.192 e. The first-order valence-electron chi connectivity index (χ1n) is 7.80. The first kappa shape index (κ1) is 18.0. The number of benzene rings is 2. The lowest BCUT2D eigenvalue weighted by molar-refractivity contribution is 0.102. The lowest BCUT2D eigenvalue weighted by Gasteiger charge is -2.07. The van der Waals surface area contributed by atoms with Crippen LogP contribution >= 0.6 is 11.8 Å². The van der Waals surface area contributed by atoms with Crippen molar-refractivity contribution in [3.63, 3.8) is 0 Å². The van der Waals surface area contributed by atoms with Crippen LogP contribution in [0, 0.1) is 11.6 Å². The van der Waals surface area contributed by atoms with Crippen molar-refractivity contribution in [1.82, 2.24) is 14.8 Å². The third kappa shape index (κ3) is 3.88. The van der Waals surface area contributed by atoms with Crippen molar-refractivity contribution in [1.29, 1.82) is 0 Å². The first-order chi connectivity index (χ1) is 12.6. The average Bonchev–Trinajstić information content (AvgIpc) is 3.06. The number of hydrogen-bond acceptors (Lipinski definition) is 4. The summed E-state index contributed by atoms with van der Waals surface area (Å²) in [4.78, 5) is 12.2. The van der Waals surface area contributed by atoms with Gasteiger partial charge >= 0.3 is 0 Å². The van der Waals surface area contributed by atoms with Gasteiger partial charge in [0.05, 0.1) is 5.75 Å². The highest BCUT2D eigenvalue weighted by Crippen LogP contribution is 2.24. The molecular formula is C19H15F2N3OS. The van der Waals surface area contributed by atoms with E-state index < -0.39 is 11.6 Å². The number of rotatable bonds is 7. The zero-order chi connectivity index (χ0) is 18.5.